The molecule has 6 heteroatoms. The van der Waals surface area contributed by atoms with Crippen molar-refractivity contribution in [1.29, 1.82) is 0 Å². The normalized spacial score (nSPS) is 12.5. The molecule has 0 radical (unpaired) electrons. The van der Waals surface area contributed by atoms with Crippen molar-refractivity contribution in [3.8, 4) is 66.8 Å². The van der Waals surface area contributed by atoms with Crippen LogP contribution in [-0.2, 0) is 38.5 Å². The molecule has 0 spiro atoms. The summed E-state index contributed by atoms with van der Waals surface area (Å²) in [6, 6.07) is 23.0. The van der Waals surface area contributed by atoms with Gasteiger partial charge in [0.25, 0.3) is 0 Å². The van der Waals surface area contributed by atoms with Gasteiger partial charge in [-0.3, -0.25) is 29.9 Å². The monoisotopic (exact) mass is 1420 g/mol. The van der Waals surface area contributed by atoms with Gasteiger partial charge in [-0.25, -0.2) is 0 Å². The van der Waals surface area contributed by atoms with E-state index < -0.39 is 0 Å². The molecule has 12 aromatic rings. The highest BCUT2D eigenvalue weighted by Gasteiger charge is 2.31. The van der Waals surface area contributed by atoms with Gasteiger partial charge in [0.05, 0.1) is 34.2 Å². The standard InChI is InChI=1S/6C17H19N/c1-9-7-15-14(13(5)12(9)4)8-16-17(15)10(2)6-11(3)18-16;1-9-7-14-8-15-16(10(2)6-11(3)18-15)17(14)13(5)12(9)4;1-9-6-15-14(13(5)11(9)3)7-16-17(15)12(4)10(2)8-18-16;1-9-6-14-7-15-17(12(4)10(2)8-18-15)16(14)13(5)11(9)3;1-9-6-15-14(12(4)11(9)3)8-17-16(15)7-10(2)13(5)18-17;1-9-6-14-8-16-15(7-10(2)13(5)18-16)17(14)12(4)11(9)3/h2*6-7H,8H2,1-5H3;2*6,8H,7H2,1-5H3;2*6-7H,8H2,1-5H3. The van der Waals surface area contributed by atoms with E-state index in [1.807, 2.05) is 12.4 Å². The molecule has 0 fully saturated rings. The third-order valence-electron chi connectivity index (χ3n) is 26.6. The number of aryl methyl sites for hydroxylation is 16. The largest absolute Gasteiger partial charge is 0.260 e. The van der Waals surface area contributed by atoms with Crippen LogP contribution in [-0.4, -0.2) is 29.9 Å². The van der Waals surface area contributed by atoms with Crippen molar-refractivity contribution in [2.45, 2.75) is 246 Å². The second-order valence-electron chi connectivity index (χ2n) is 33.3. The smallest absolute Gasteiger partial charge is 0.0531 e. The minimum Gasteiger partial charge on any atom is -0.260 e. The van der Waals surface area contributed by atoms with Crippen LogP contribution in [0.4, 0.5) is 0 Å². The molecule has 6 aromatic heterocycles. The predicted molar refractivity (Wildman–Crippen MR) is 457 cm³/mol. The maximum Gasteiger partial charge on any atom is 0.0531 e. The Labute approximate surface area is 647 Å². The van der Waals surface area contributed by atoms with Crippen LogP contribution in [0, 0.1) is 208 Å². The summed E-state index contributed by atoms with van der Waals surface area (Å²) < 4.78 is 0. The molecule has 0 saturated heterocycles. The van der Waals surface area contributed by atoms with Crippen LogP contribution in [0.15, 0.2) is 73.1 Å². The highest BCUT2D eigenvalue weighted by atomic mass is 14.8. The van der Waals surface area contributed by atoms with Gasteiger partial charge >= 0.3 is 0 Å². The Morgan fingerprint density at radius 2 is 0.500 bits per heavy atom. The zero-order chi connectivity index (χ0) is 78.1. The molecule has 0 aliphatic heterocycles. The first-order chi connectivity index (χ1) is 51.0. The lowest BCUT2D eigenvalue weighted by atomic mass is 9.91. The number of benzene rings is 6. The summed E-state index contributed by atoms with van der Waals surface area (Å²) in [6.45, 7) is 65.8. The van der Waals surface area contributed by atoms with Crippen molar-refractivity contribution >= 4 is 0 Å². The summed E-state index contributed by atoms with van der Waals surface area (Å²) in [5.74, 6) is 0. The molecule has 552 valence electrons. The molecule has 6 nitrogen and oxygen atoms in total. The molecule has 0 atom stereocenters. The molecular formula is C102H114N6. The summed E-state index contributed by atoms with van der Waals surface area (Å²) in [4.78, 5) is 28.3. The zero-order valence-corrected chi connectivity index (χ0v) is 70.9. The van der Waals surface area contributed by atoms with Gasteiger partial charge in [-0.2, -0.15) is 0 Å². The van der Waals surface area contributed by atoms with Crippen LogP contribution in [0.2, 0.25) is 0 Å². The number of hydrogen-bond acceptors (Lipinski definition) is 6. The molecule has 6 aromatic carbocycles. The fourth-order valence-corrected chi connectivity index (χ4v) is 18.3. The lowest BCUT2D eigenvalue weighted by Gasteiger charge is -2.14. The quantitative estimate of drug-likeness (QED) is 0.151. The van der Waals surface area contributed by atoms with Gasteiger partial charge in [0, 0.05) is 107 Å². The number of nitrogens with zero attached hydrogens (tertiary/aromatic N) is 6. The van der Waals surface area contributed by atoms with Gasteiger partial charge in [-0.05, 0) is 443 Å². The van der Waals surface area contributed by atoms with Gasteiger partial charge in [0.2, 0.25) is 0 Å². The summed E-state index contributed by atoms with van der Waals surface area (Å²) in [5.41, 5.74) is 73.9. The Bertz CT molecular complexity index is 5840. The second kappa shape index (κ2) is 29.0. The van der Waals surface area contributed by atoms with E-state index in [1.165, 1.54) is 279 Å². The zero-order valence-electron chi connectivity index (χ0n) is 70.9. The minimum atomic E-state index is 0.994. The van der Waals surface area contributed by atoms with E-state index in [0.29, 0.717) is 0 Å². The molecule has 6 heterocycles. The lowest BCUT2D eigenvalue weighted by molar-refractivity contribution is 1.04. The number of fused-ring (bicyclic) bond motifs is 18. The average molecular weight is 1420 g/mol. The van der Waals surface area contributed by atoms with Gasteiger partial charge < -0.3 is 0 Å². The first kappa shape index (κ1) is 76.4. The van der Waals surface area contributed by atoms with Crippen molar-refractivity contribution in [1.82, 2.24) is 29.9 Å². The molecule has 0 amide bonds. The summed E-state index contributed by atoms with van der Waals surface area (Å²) in [6.07, 6.45) is 10.00. The maximum atomic E-state index is 4.77. The molecule has 0 saturated carbocycles. The van der Waals surface area contributed by atoms with E-state index in [9.17, 15) is 0 Å². The van der Waals surface area contributed by atoms with E-state index in [4.69, 9.17) is 19.9 Å². The second-order valence-corrected chi connectivity index (χ2v) is 33.3. The van der Waals surface area contributed by atoms with E-state index in [2.05, 4.69) is 278 Å². The highest BCUT2D eigenvalue weighted by molar-refractivity contribution is 5.86. The van der Waals surface area contributed by atoms with Gasteiger partial charge in [-0.1, -0.05) is 36.4 Å². The number of rotatable bonds is 0. The van der Waals surface area contributed by atoms with Crippen molar-refractivity contribution in [3.63, 3.8) is 0 Å². The summed E-state index contributed by atoms with van der Waals surface area (Å²) in [5, 5.41) is 0. The SMILES string of the molecule is Cc1cc(C)c2c(n1)Cc1c-2cc(C)c(C)c1C.Cc1cc(C)c2c(n1)Cc1cc(C)c(C)c(C)c1-2.Cc1cc2c(c(C)c1C)-c1c(ncc(C)c1C)C2.Cc1cc2c(c(C)c1C)Cc1ncc(C)c(C)c1-2.Cc1cc2c(nc1C)Cc1c-2cc(C)c(C)c1C.Cc1cc2c(nc1C)Cc1cc(C)c(C)c(C)c1-2. The summed E-state index contributed by atoms with van der Waals surface area (Å²) in [7, 11) is 0. The summed E-state index contributed by atoms with van der Waals surface area (Å²) >= 11 is 0. The molecule has 6 aliphatic carbocycles. The van der Waals surface area contributed by atoms with Crippen LogP contribution < -0.4 is 0 Å². The Hall–Kier alpha value is -9.78. The Balaban J connectivity index is 0.000000114. The van der Waals surface area contributed by atoms with Gasteiger partial charge in [0.15, 0.2) is 0 Å². The van der Waals surface area contributed by atoms with E-state index in [1.54, 1.807) is 0 Å². The van der Waals surface area contributed by atoms with Crippen molar-refractivity contribution in [2.24, 2.45) is 0 Å². The third-order valence-corrected chi connectivity index (χ3v) is 26.6. The van der Waals surface area contributed by atoms with Gasteiger partial charge in [-0.15, -0.1) is 0 Å². The highest BCUT2D eigenvalue weighted by Crippen LogP contribution is 2.48. The topological polar surface area (TPSA) is 77.3 Å². The minimum absolute atomic E-state index is 0.994. The molecule has 0 N–H and O–H groups in total. The lowest BCUT2D eigenvalue weighted by Crippen LogP contribution is -1.95. The Kier molecular flexibility index (Phi) is 20.5. The van der Waals surface area contributed by atoms with E-state index in [0.717, 1.165) is 61.3 Å². The van der Waals surface area contributed by atoms with E-state index in [-0.39, 0.29) is 0 Å². The van der Waals surface area contributed by atoms with Crippen molar-refractivity contribution in [2.75, 3.05) is 0 Å². The Morgan fingerprint density at radius 1 is 0.185 bits per heavy atom. The molecule has 0 unspecified atom stereocenters. The van der Waals surface area contributed by atoms with Crippen LogP contribution in [0.3, 0.4) is 0 Å². The fourth-order valence-electron chi connectivity index (χ4n) is 18.3. The van der Waals surface area contributed by atoms with Crippen LogP contribution in [0.5, 0.6) is 0 Å². The van der Waals surface area contributed by atoms with Gasteiger partial charge in [0.1, 0.15) is 0 Å². The number of hydrogen-bond donors (Lipinski definition) is 0. The molecular weight excluding hydrogens is 1310 g/mol. The number of aromatic nitrogens is 6. The first-order valence-electron chi connectivity index (χ1n) is 39.3. The molecule has 0 bridgehead atoms. The van der Waals surface area contributed by atoms with Crippen molar-refractivity contribution < 1.29 is 0 Å². The first-order valence-corrected chi connectivity index (χ1v) is 39.3. The average Bonchev–Trinajstić information content (AvgIpc) is 1.56. The van der Waals surface area contributed by atoms with E-state index >= 15 is 0 Å². The maximum absolute atomic E-state index is 4.77. The third kappa shape index (κ3) is 13.3. The van der Waals surface area contributed by atoms with Crippen molar-refractivity contribution in [3.05, 3.63) is 308 Å². The molecule has 6 aliphatic rings. The Morgan fingerprint density at radius 3 is 0.991 bits per heavy atom. The van der Waals surface area contributed by atoms with Crippen LogP contribution in [0.25, 0.3) is 66.8 Å². The fraction of sp³-hybridized carbons (Fsp3) is 0.353. The number of pyridine rings is 6. The van der Waals surface area contributed by atoms with Crippen LogP contribution in [0.1, 0.15) is 235 Å². The van der Waals surface area contributed by atoms with Crippen LogP contribution >= 0.6 is 0 Å². The predicted octanol–water partition coefficient (Wildman–Crippen LogP) is 25.2. The molecule has 18 rings (SSSR count). The molecule has 108 heavy (non-hydrogen) atoms.